The van der Waals surface area contributed by atoms with Crippen molar-refractivity contribution >= 4 is 38.9 Å². The average Bonchev–Trinajstić information content (AvgIpc) is 2.55. The number of nitrogens with zero attached hydrogens (tertiary/aromatic N) is 1. The van der Waals surface area contributed by atoms with E-state index < -0.39 is 32.9 Å². The molecule has 0 amide bonds. The second-order valence-corrected chi connectivity index (χ2v) is 10.2. The lowest BCUT2D eigenvalue weighted by atomic mass is 9.95. The van der Waals surface area contributed by atoms with Crippen molar-refractivity contribution < 1.29 is 26.7 Å². The standard InChI is InChI=1S/C19H20Cl2F3NO3S/c1-17(2,3)25(29(27,28)16-11-13(20)7-10-15(16)21)14-8-5-12(6-9-14)18(4,26)19(22,23)24/h5-11,26H,1-4H3. The van der Waals surface area contributed by atoms with Crippen LogP contribution in [0.25, 0.3) is 0 Å². The minimum atomic E-state index is -4.89. The van der Waals surface area contributed by atoms with Crippen LogP contribution >= 0.6 is 23.2 Å². The van der Waals surface area contributed by atoms with Crippen LogP contribution in [0, 0.1) is 0 Å². The third-order valence-corrected chi connectivity index (χ3v) is 7.05. The number of benzene rings is 2. The highest BCUT2D eigenvalue weighted by Gasteiger charge is 2.51. The molecule has 0 bridgehead atoms. The molecular formula is C19H20Cl2F3NO3S. The van der Waals surface area contributed by atoms with Gasteiger partial charge in [-0.05, 0) is 63.6 Å². The number of hydrogen-bond donors (Lipinski definition) is 1. The largest absolute Gasteiger partial charge is 0.421 e. The van der Waals surface area contributed by atoms with Crippen molar-refractivity contribution in [1.82, 2.24) is 0 Å². The van der Waals surface area contributed by atoms with Gasteiger partial charge < -0.3 is 5.11 Å². The van der Waals surface area contributed by atoms with Crippen LogP contribution in [-0.4, -0.2) is 25.2 Å². The van der Waals surface area contributed by atoms with Gasteiger partial charge in [0.1, 0.15) is 4.90 Å². The molecule has 0 aromatic heterocycles. The monoisotopic (exact) mass is 469 g/mol. The first-order valence-corrected chi connectivity index (χ1v) is 10.6. The maximum atomic E-state index is 13.3. The molecule has 0 aliphatic heterocycles. The summed E-state index contributed by atoms with van der Waals surface area (Å²) >= 11 is 12.0. The molecule has 2 aromatic carbocycles. The fraction of sp³-hybridized carbons (Fsp3) is 0.368. The summed E-state index contributed by atoms with van der Waals surface area (Å²) in [6.45, 7) is 5.51. The van der Waals surface area contributed by atoms with Crippen LogP contribution in [0.3, 0.4) is 0 Å². The molecule has 2 rings (SSSR count). The maximum absolute atomic E-state index is 13.3. The normalized spacial score (nSPS) is 15.1. The van der Waals surface area contributed by atoms with E-state index in [1.54, 1.807) is 20.8 Å². The first-order chi connectivity index (χ1) is 13.0. The first kappa shape index (κ1) is 23.8. The number of hydrogen-bond acceptors (Lipinski definition) is 3. The zero-order chi connectivity index (χ0) is 22.4. The van der Waals surface area contributed by atoms with Crippen molar-refractivity contribution in [1.29, 1.82) is 0 Å². The Morgan fingerprint density at radius 3 is 1.90 bits per heavy atom. The van der Waals surface area contributed by atoms with Crippen LogP contribution in [0.15, 0.2) is 47.4 Å². The molecule has 1 atom stereocenters. The fourth-order valence-corrected chi connectivity index (χ4v) is 5.30. The maximum Gasteiger partial charge on any atom is 0.421 e. The number of rotatable bonds is 4. The van der Waals surface area contributed by atoms with Gasteiger partial charge in [-0.1, -0.05) is 35.3 Å². The van der Waals surface area contributed by atoms with Gasteiger partial charge in [0, 0.05) is 10.6 Å². The number of sulfonamides is 1. The highest BCUT2D eigenvalue weighted by molar-refractivity contribution is 7.93. The molecule has 160 valence electrons. The lowest BCUT2D eigenvalue weighted by Gasteiger charge is -2.37. The summed E-state index contributed by atoms with van der Waals surface area (Å²) < 4.78 is 67.0. The van der Waals surface area contributed by atoms with Gasteiger partial charge in [-0.25, -0.2) is 8.42 Å². The van der Waals surface area contributed by atoms with E-state index in [0.717, 1.165) is 16.4 Å². The highest BCUT2D eigenvalue weighted by Crippen LogP contribution is 2.40. The predicted molar refractivity (Wildman–Crippen MR) is 108 cm³/mol. The number of alkyl halides is 3. The molecule has 0 heterocycles. The van der Waals surface area contributed by atoms with Crippen LogP contribution in [0.4, 0.5) is 18.9 Å². The molecule has 1 unspecified atom stereocenters. The SMILES string of the molecule is CC(C)(C)N(c1ccc(C(C)(O)C(F)(F)F)cc1)S(=O)(=O)c1cc(Cl)ccc1Cl. The molecule has 0 saturated heterocycles. The lowest BCUT2D eigenvalue weighted by Crippen LogP contribution is -2.46. The Balaban J connectivity index is 2.62. The molecule has 0 radical (unpaired) electrons. The zero-order valence-electron chi connectivity index (χ0n) is 16.1. The van der Waals surface area contributed by atoms with E-state index in [4.69, 9.17) is 23.2 Å². The third kappa shape index (κ3) is 4.66. The van der Waals surface area contributed by atoms with E-state index in [1.807, 2.05) is 0 Å². The molecule has 0 aliphatic carbocycles. The summed E-state index contributed by atoms with van der Waals surface area (Å²) in [5.74, 6) is 0. The molecule has 10 heteroatoms. The summed E-state index contributed by atoms with van der Waals surface area (Å²) in [4.78, 5) is -0.229. The van der Waals surface area contributed by atoms with Crippen LogP contribution in [-0.2, 0) is 15.6 Å². The topological polar surface area (TPSA) is 57.6 Å². The van der Waals surface area contributed by atoms with Gasteiger partial charge in [0.25, 0.3) is 10.0 Å². The predicted octanol–water partition coefficient (Wildman–Crippen LogP) is 5.76. The van der Waals surface area contributed by atoms with E-state index in [9.17, 15) is 26.7 Å². The van der Waals surface area contributed by atoms with Crippen LogP contribution in [0.5, 0.6) is 0 Å². The minimum Gasteiger partial charge on any atom is -0.376 e. The van der Waals surface area contributed by atoms with Crippen molar-refractivity contribution in [2.75, 3.05) is 4.31 Å². The molecule has 0 fully saturated rings. The van der Waals surface area contributed by atoms with Gasteiger partial charge in [-0.3, -0.25) is 4.31 Å². The molecular weight excluding hydrogens is 450 g/mol. The number of halogens is 5. The van der Waals surface area contributed by atoms with Crippen LogP contribution in [0.2, 0.25) is 10.0 Å². The first-order valence-electron chi connectivity index (χ1n) is 8.40. The van der Waals surface area contributed by atoms with Crippen molar-refractivity contribution in [3.05, 3.63) is 58.1 Å². The lowest BCUT2D eigenvalue weighted by molar-refractivity contribution is -0.258. The van der Waals surface area contributed by atoms with Crippen molar-refractivity contribution in [2.45, 2.75) is 49.9 Å². The highest BCUT2D eigenvalue weighted by atomic mass is 35.5. The summed E-state index contributed by atoms with van der Waals surface area (Å²) in [7, 11) is -4.21. The van der Waals surface area contributed by atoms with Crippen molar-refractivity contribution in [3.8, 4) is 0 Å². The van der Waals surface area contributed by atoms with Crippen molar-refractivity contribution in [2.24, 2.45) is 0 Å². The Kier molecular flexibility index (Phi) is 6.28. The van der Waals surface area contributed by atoms with Gasteiger partial charge >= 0.3 is 6.18 Å². The van der Waals surface area contributed by atoms with Gasteiger partial charge in [0.2, 0.25) is 0 Å². The molecule has 0 saturated carbocycles. The van der Waals surface area contributed by atoms with E-state index in [1.165, 1.54) is 30.3 Å². The summed E-state index contributed by atoms with van der Waals surface area (Å²) in [5.41, 5.74) is -4.37. The molecule has 0 spiro atoms. The Morgan fingerprint density at radius 1 is 0.931 bits per heavy atom. The van der Waals surface area contributed by atoms with Gasteiger partial charge in [0.15, 0.2) is 5.60 Å². The molecule has 1 N–H and O–H groups in total. The quantitative estimate of drug-likeness (QED) is 0.619. The molecule has 29 heavy (non-hydrogen) atoms. The Labute approximate surface area is 177 Å². The molecule has 0 aliphatic rings. The Bertz CT molecular complexity index is 999. The van der Waals surface area contributed by atoms with Gasteiger partial charge in [-0.15, -0.1) is 0 Å². The third-order valence-electron chi connectivity index (χ3n) is 4.24. The number of anilines is 1. The Hall–Kier alpha value is -1.48. The second-order valence-electron chi connectivity index (χ2n) is 7.63. The van der Waals surface area contributed by atoms with Crippen LogP contribution in [0.1, 0.15) is 33.3 Å². The zero-order valence-corrected chi connectivity index (χ0v) is 18.4. The smallest absolute Gasteiger partial charge is 0.376 e. The second kappa shape index (κ2) is 7.65. The summed E-state index contributed by atoms with van der Waals surface area (Å²) in [6, 6.07) is 8.49. The molecule has 2 aromatic rings. The summed E-state index contributed by atoms with van der Waals surface area (Å²) in [6.07, 6.45) is -4.89. The van der Waals surface area contributed by atoms with Gasteiger partial charge in [0.05, 0.1) is 10.7 Å². The summed E-state index contributed by atoms with van der Waals surface area (Å²) in [5, 5.41) is 9.95. The fourth-order valence-electron chi connectivity index (χ4n) is 2.74. The average molecular weight is 470 g/mol. The van der Waals surface area contributed by atoms with Crippen LogP contribution < -0.4 is 4.31 Å². The number of aliphatic hydroxyl groups is 1. The van der Waals surface area contributed by atoms with E-state index in [0.29, 0.717) is 6.92 Å². The Morgan fingerprint density at radius 2 is 1.45 bits per heavy atom. The van der Waals surface area contributed by atoms with Gasteiger partial charge in [-0.2, -0.15) is 13.2 Å². The van der Waals surface area contributed by atoms with Crippen molar-refractivity contribution in [3.63, 3.8) is 0 Å². The molecule has 4 nitrogen and oxygen atoms in total. The van der Waals surface area contributed by atoms with E-state index >= 15 is 0 Å². The van der Waals surface area contributed by atoms with E-state index in [2.05, 4.69) is 0 Å². The van der Waals surface area contributed by atoms with E-state index in [-0.39, 0.29) is 20.6 Å². The minimum absolute atomic E-state index is 0.0414.